The van der Waals surface area contributed by atoms with E-state index in [4.69, 9.17) is 14.2 Å². The molecule has 202 valence electrons. The SMILES string of the molecule is CO[C@@](C(=O)O[C@H]1C[C@H](CCc2ccc(O)cc2)O[C@H](c2ccc(O)cc2)C1)(c1ccccc1)C(F)(F)F. The van der Waals surface area contributed by atoms with E-state index in [2.05, 4.69) is 0 Å². The number of ether oxygens (including phenoxy) is 3. The fourth-order valence-electron chi connectivity index (χ4n) is 4.77. The van der Waals surface area contributed by atoms with Crippen LogP contribution in [0.5, 0.6) is 11.5 Å². The number of phenolic OH excluding ortho intramolecular Hbond substituents is 2. The van der Waals surface area contributed by atoms with Crippen LogP contribution in [0.3, 0.4) is 0 Å². The van der Waals surface area contributed by atoms with Gasteiger partial charge in [-0.2, -0.15) is 13.2 Å². The van der Waals surface area contributed by atoms with Gasteiger partial charge in [0.25, 0.3) is 5.60 Å². The maximum absolute atomic E-state index is 14.4. The Balaban J connectivity index is 1.58. The van der Waals surface area contributed by atoms with Gasteiger partial charge in [0.2, 0.25) is 0 Å². The predicted molar refractivity (Wildman–Crippen MR) is 132 cm³/mol. The van der Waals surface area contributed by atoms with Crippen LogP contribution in [0.4, 0.5) is 13.2 Å². The monoisotopic (exact) mass is 530 g/mol. The van der Waals surface area contributed by atoms with Crippen LogP contribution in [0.15, 0.2) is 78.9 Å². The topological polar surface area (TPSA) is 85.2 Å². The molecule has 2 N–H and O–H groups in total. The molecule has 0 bridgehead atoms. The van der Waals surface area contributed by atoms with Crippen LogP contribution in [0.25, 0.3) is 0 Å². The van der Waals surface area contributed by atoms with Crippen LogP contribution >= 0.6 is 0 Å². The normalized spacial score (nSPS) is 21.4. The number of methoxy groups -OCH3 is 1. The molecule has 1 heterocycles. The Morgan fingerprint density at radius 2 is 1.53 bits per heavy atom. The minimum atomic E-state index is -5.07. The lowest BCUT2D eigenvalue weighted by Crippen LogP contribution is -2.53. The molecule has 0 radical (unpaired) electrons. The summed E-state index contributed by atoms with van der Waals surface area (Å²) in [5.41, 5.74) is -1.99. The lowest BCUT2D eigenvalue weighted by molar-refractivity contribution is -0.280. The van der Waals surface area contributed by atoms with Gasteiger partial charge in [0, 0.05) is 25.5 Å². The fraction of sp³-hybridized carbons (Fsp3) is 0.345. The molecule has 38 heavy (non-hydrogen) atoms. The number of rotatable bonds is 8. The molecule has 4 atom stereocenters. The third-order valence-electron chi connectivity index (χ3n) is 6.76. The smallest absolute Gasteiger partial charge is 0.432 e. The van der Waals surface area contributed by atoms with Gasteiger partial charge in [-0.15, -0.1) is 0 Å². The summed E-state index contributed by atoms with van der Waals surface area (Å²) < 4.78 is 59.8. The van der Waals surface area contributed by atoms with Crippen molar-refractivity contribution in [1.82, 2.24) is 0 Å². The van der Waals surface area contributed by atoms with Crippen molar-refractivity contribution < 1.29 is 42.4 Å². The number of hydrogen-bond acceptors (Lipinski definition) is 6. The second kappa shape index (κ2) is 11.4. The molecule has 0 aromatic heterocycles. The van der Waals surface area contributed by atoms with Crippen molar-refractivity contribution in [2.45, 2.75) is 55.8 Å². The Hall–Kier alpha value is -3.56. The van der Waals surface area contributed by atoms with Gasteiger partial charge in [0.05, 0.1) is 12.2 Å². The minimum Gasteiger partial charge on any atom is -0.508 e. The third kappa shape index (κ3) is 5.95. The third-order valence-corrected chi connectivity index (χ3v) is 6.76. The number of aromatic hydroxyl groups is 2. The first-order valence-corrected chi connectivity index (χ1v) is 12.2. The summed E-state index contributed by atoms with van der Waals surface area (Å²) in [4.78, 5) is 13.3. The molecule has 0 aliphatic carbocycles. The summed E-state index contributed by atoms with van der Waals surface area (Å²) in [6, 6.07) is 19.7. The van der Waals surface area contributed by atoms with E-state index in [1.807, 2.05) is 0 Å². The van der Waals surface area contributed by atoms with E-state index in [9.17, 15) is 28.2 Å². The van der Waals surface area contributed by atoms with Gasteiger partial charge in [-0.05, 0) is 48.2 Å². The highest BCUT2D eigenvalue weighted by Crippen LogP contribution is 2.44. The molecule has 0 amide bonds. The van der Waals surface area contributed by atoms with Crippen molar-refractivity contribution >= 4 is 5.97 Å². The zero-order chi connectivity index (χ0) is 27.3. The number of alkyl halides is 3. The predicted octanol–water partition coefficient (Wildman–Crippen LogP) is 5.97. The highest BCUT2D eigenvalue weighted by atomic mass is 19.4. The molecule has 3 aromatic carbocycles. The van der Waals surface area contributed by atoms with Crippen molar-refractivity contribution in [1.29, 1.82) is 0 Å². The second-order valence-electron chi connectivity index (χ2n) is 9.29. The Kier molecular flexibility index (Phi) is 8.28. The van der Waals surface area contributed by atoms with E-state index in [0.717, 1.165) is 12.7 Å². The zero-order valence-electron chi connectivity index (χ0n) is 20.7. The number of halogens is 3. The first-order chi connectivity index (χ1) is 18.1. The van der Waals surface area contributed by atoms with Gasteiger partial charge in [-0.3, -0.25) is 0 Å². The summed E-state index contributed by atoms with van der Waals surface area (Å²) in [6.07, 6.45) is -5.49. The fourth-order valence-corrected chi connectivity index (χ4v) is 4.77. The molecule has 1 aliphatic heterocycles. The van der Waals surface area contributed by atoms with Gasteiger partial charge in [0.15, 0.2) is 0 Å². The molecule has 6 nitrogen and oxygen atoms in total. The van der Waals surface area contributed by atoms with Gasteiger partial charge in [-0.25, -0.2) is 4.79 Å². The first kappa shape index (κ1) is 27.5. The standard InChI is InChI=1S/C29H29F3O6/c1-36-28(29(30,31)32,21-5-3-2-4-6-21)27(35)38-25-17-24(16-9-19-7-12-22(33)13-8-19)37-26(18-25)20-10-14-23(34)15-11-20/h2-8,10-15,24-26,33-34H,9,16-18H2,1H3/t24-,25-,26-,28+/m0/s1. The van der Waals surface area contributed by atoms with Crippen LogP contribution in [-0.2, 0) is 31.0 Å². The van der Waals surface area contributed by atoms with Crippen molar-refractivity contribution in [3.63, 3.8) is 0 Å². The van der Waals surface area contributed by atoms with Crippen molar-refractivity contribution in [2.24, 2.45) is 0 Å². The van der Waals surface area contributed by atoms with E-state index in [1.165, 1.54) is 36.4 Å². The van der Waals surface area contributed by atoms with E-state index in [1.54, 1.807) is 42.5 Å². The van der Waals surface area contributed by atoms with Crippen LogP contribution < -0.4 is 0 Å². The van der Waals surface area contributed by atoms with Gasteiger partial charge < -0.3 is 24.4 Å². The highest BCUT2D eigenvalue weighted by Gasteiger charge is 2.64. The molecule has 1 aliphatic rings. The Labute approximate surface area is 218 Å². The van der Waals surface area contributed by atoms with E-state index in [0.29, 0.717) is 18.4 Å². The van der Waals surface area contributed by atoms with E-state index in [-0.39, 0.29) is 29.9 Å². The zero-order valence-corrected chi connectivity index (χ0v) is 20.7. The average molecular weight is 531 g/mol. The van der Waals surface area contributed by atoms with Crippen molar-refractivity contribution in [3.8, 4) is 11.5 Å². The summed E-state index contributed by atoms with van der Waals surface area (Å²) in [7, 11) is 0.839. The number of esters is 1. The molecule has 1 fully saturated rings. The molecular weight excluding hydrogens is 501 g/mol. The van der Waals surface area contributed by atoms with E-state index < -0.39 is 36.1 Å². The van der Waals surface area contributed by atoms with Crippen LogP contribution in [0.1, 0.15) is 42.1 Å². The number of hydrogen-bond donors (Lipinski definition) is 2. The van der Waals surface area contributed by atoms with Gasteiger partial charge in [-0.1, -0.05) is 54.6 Å². The summed E-state index contributed by atoms with van der Waals surface area (Å²) in [6.45, 7) is 0. The van der Waals surface area contributed by atoms with Gasteiger partial charge in [0.1, 0.15) is 17.6 Å². The average Bonchev–Trinajstić information content (AvgIpc) is 2.89. The van der Waals surface area contributed by atoms with Crippen molar-refractivity contribution in [3.05, 3.63) is 95.6 Å². The second-order valence-corrected chi connectivity index (χ2v) is 9.29. The number of carbonyl (C=O) groups excluding carboxylic acids is 1. The largest absolute Gasteiger partial charge is 0.508 e. The summed E-state index contributed by atoms with van der Waals surface area (Å²) >= 11 is 0. The summed E-state index contributed by atoms with van der Waals surface area (Å²) in [5.74, 6) is -1.33. The Morgan fingerprint density at radius 1 is 0.921 bits per heavy atom. The van der Waals surface area contributed by atoms with E-state index >= 15 is 0 Å². The van der Waals surface area contributed by atoms with Gasteiger partial charge >= 0.3 is 12.1 Å². The molecule has 4 rings (SSSR count). The Morgan fingerprint density at radius 3 is 2.11 bits per heavy atom. The highest BCUT2D eigenvalue weighted by molar-refractivity contribution is 5.82. The van der Waals surface area contributed by atoms with Crippen LogP contribution in [0.2, 0.25) is 0 Å². The lowest BCUT2D eigenvalue weighted by atomic mass is 9.91. The van der Waals surface area contributed by atoms with Crippen LogP contribution in [-0.4, -0.2) is 41.7 Å². The molecule has 0 spiro atoms. The quantitative estimate of drug-likeness (QED) is 0.349. The molecule has 9 heteroatoms. The first-order valence-electron chi connectivity index (χ1n) is 12.2. The number of benzene rings is 3. The molecule has 1 saturated heterocycles. The molecule has 3 aromatic rings. The minimum absolute atomic E-state index is 0.0642. The molecular formula is C29H29F3O6. The summed E-state index contributed by atoms with van der Waals surface area (Å²) in [5, 5.41) is 19.2. The maximum Gasteiger partial charge on any atom is 0.432 e. The Bertz CT molecular complexity index is 1200. The van der Waals surface area contributed by atoms with Crippen molar-refractivity contribution in [2.75, 3.05) is 7.11 Å². The molecule has 0 saturated carbocycles. The maximum atomic E-state index is 14.4. The number of carbonyl (C=O) groups is 1. The van der Waals surface area contributed by atoms with Crippen LogP contribution in [0, 0.1) is 0 Å². The lowest BCUT2D eigenvalue weighted by Gasteiger charge is -2.38. The molecule has 0 unspecified atom stereocenters. The number of aryl methyl sites for hydroxylation is 1. The number of phenols is 2.